The molecule has 1 aromatic carbocycles. The molecule has 0 radical (unpaired) electrons. The van der Waals surface area contributed by atoms with E-state index in [0.29, 0.717) is 11.2 Å². The first-order valence-electron chi connectivity index (χ1n) is 9.71. The van der Waals surface area contributed by atoms with Crippen LogP contribution in [0.4, 0.5) is 0 Å². The number of fused-ring (bicyclic) bond motifs is 5. The van der Waals surface area contributed by atoms with Crippen LogP contribution in [-0.2, 0) is 19.4 Å². The predicted molar refractivity (Wildman–Crippen MR) is 114 cm³/mol. The van der Waals surface area contributed by atoms with Crippen LogP contribution in [-0.4, -0.2) is 14.5 Å². The molecule has 0 aliphatic heterocycles. The molecule has 0 atom stereocenters. The number of rotatable bonds is 3. The third kappa shape index (κ3) is 2.56. The van der Waals surface area contributed by atoms with Crippen LogP contribution < -0.4 is 5.56 Å². The SMILES string of the molecule is O=c1c2sc3nc(-c4ccco4)c4c(c3c2ncn1Cc1ccccc1)CCC4. The molecule has 0 bridgehead atoms. The maximum Gasteiger partial charge on any atom is 0.271 e. The number of hydrogen-bond donors (Lipinski definition) is 0. The van der Waals surface area contributed by atoms with Crippen LogP contribution in [0.5, 0.6) is 0 Å². The second-order valence-electron chi connectivity index (χ2n) is 7.37. The number of pyridine rings is 1. The minimum Gasteiger partial charge on any atom is -0.463 e. The zero-order valence-corrected chi connectivity index (χ0v) is 16.4. The number of thiophene rings is 1. The lowest BCUT2D eigenvalue weighted by Gasteiger charge is -2.07. The summed E-state index contributed by atoms with van der Waals surface area (Å²) < 4.78 is 8.00. The van der Waals surface area contributed by atoms with Gasteiger partial charge in [0, 0.05) is 5.39 Å². The van der Waals surface area contributed by atoms with Crippen molar-refractivity contribution in [1.29, 1.82) is 0 Å². The zero-order valence-electron chi connectivity index (χ0n) is 15.6. The second kappa shape index (κ2) is 6.39. The molecular weight excluding hydrogens is 382 g/mol. The van der Waals surface area contributed by atoms with Crippen LogP contribution in [0.3, 0.4) is 0 Å². The molecule has 0 N–H and O–H groups in total. The topological polar surface area (TPSA) is 60.9 Å². The normalized spacial score (nSPS) is 13.4. The lowest BCUT2D eigenvalue weighted by atomic mass is 10.0. The number of aromatic nitrogens is 3. The summed E-state index contributed by atoms with van der Waals surface area (Å²) in [6.07, 6.45) is 6.41. The van der Waals surface area contributed by atoms with Gasteiger partial charge in [-0.3, -0.25) is 9.36 Å². The molecule has 6 heteroatoms. The maximum absolute atomic E-state index is 13.2. The minimum atomic E-state index is -0.00634. The van der Waals surface area contributed by atoms with Crippen molar-refractivity contribution < 1.29 is 4.42 Å². The van der Waals surface area contributed by atoms with Crippen LogP contribution >= 0.6 is 11.3 Å². The van der Waals surface area contributed by atoms with Gasteiger partial charge in [-0.05, 0) is 48.1 Å². The van der Waals surface area contributed by atoms with Gasteiger partial charge in [0.1, 0.15) is 15.2 Å². The highest BCUT2D eigenvalue weighted by atomic mass is 32.1. The summed E-state index contributed by atoms with van der Waals surface area (Å²) in [5.41, 5.74) is 5.29. The zero-order chi connectivity index (χ0) is 19.4. The summed E-state index contributed by atoms with van der Waals surface area (Å²) in [5.74, 6) is 0.789. The summed E-state index contributed by atoms with van der Waals surface area (Å²) in [6.45, 7) is 0.514. The van der Waals surface area contributed by atoms with Crippen LogP contribution in [0.15, 0.2) is 64.3 Å². The van der Waals surface area contributed by atoms with E-state index in [-0.39, 0.29) is 5.56 Å². The van der Waals surface area contributed by atoms with Crippen molar-refractivity contribution in [3.63, 3.8) is 0 Å². The molecule has 1 aliphatic rings. The van der Waals surface area contributed by atoms with Crippen molar-refractivity contribution in [3.8, 4) is 11.5 Å². The van der Waals surface area contributed by atoms with E-state index in [9.17, 15) is 4.79 Å². The van der Waals surface area contributed by atoms with Crippen molar-refractivity contribution in [2.75, 3.05) is 0 Å². The van der Waals surface area contributed by atoms with Gasteiger partial charge in [0.05, 0.1) is 24.7 Å². The lowest BCUT2D eigenvalue weighted by Crippen LogP contribution is -2.20. The summed E-state index contributed by atoms with van der Waals surface area (Å²) >= 11 is 1.44. The standard InChI is InChI=1S/C23H17N3O2S/c27-23-21-20(24-13-26(23)12-14-6-2-1-3-7-14)18-15-8-4-9-16(15)19(25-22(18)29-21)17-10-5-11-28-17/h1-3,5-7,10-11,13H,4,8-9,12H2. The van der Waals surface area contributed by atoms with Gasteiger partial charge < -0.3 is 4.42 Å². The van der Waals surface area contributed by atoms with E-state index >= 15 is 0 Å². The molecule has 29 heavy (non-hydrogen) atoms. The molecule has 4 aromatic heterocycles. The maximum atomic E-state index is 13.2. The fourth-order valence-corrected chi connectivity index (χ4v) is 5.41. The van der Waals surface area contributed by atoms with Gasteiger partial charge in [0.2, 0.25) is 0 Å². The molecular formula is C23H17N3O2S. The average molecular weight is 399 g/mol. The first kappa shape index (κ1) is 16.7. The molecule has 0 fully saturated rings. The highest BCUT2D eigenvalue weighted by molar-refractivity contribution is 7.25. The van der Waals surface area contributed by atoms with E-state index in [1.807, 2.05) is 42.5 Å². The van der Waals surface area contributed by atoms with Gasteiger partial charge in [0.25, 0.3) is 5.56 Å². The molecule has 1 aliphatic carbocycles. The largest absolute Gasteiger partial charge is 0.463 e. The van der Waals surface area contributed by atoms with Crippen molar-refractivity contribution in [2.24, 2.45) is 0 Å². The molecule has 0 unspecified atom stereocenters. The van der Waals surface area contributed by atoms with Gasteiger partial charge in [-0.2, -0.15) is 0 Å². The van der Waals surface area contributed by atoms with E-state index < -0.39 is 0 Å². The van der Waals surface area contributed by atoms with Crippen molar-refractivity contribution in [2.45, 2.75) is 25.8 Å². The third-order valence-corrected chi connectivity index (χ3v) is 6.68. The van der Waals surface area contributed by atoms with Crippen molar-refractivity contribution >= 4 is 31.8 Å². The Hall–Kier alpha value is -3.25. The van der Waals surface area contributed by atoms with Gasteiger partial charge in [-0.1, -0.05) is 30.3 Å². The predicted octanol–water partition coefficient (Wildman–Crippen LogP) is 4.80. The van der Waals surface area contributed by atoms with Gasteiger partial charge in [0.15, 0.2) is 5.76 Å². The Bertz CT molecular complexity index is 1420. The fourth-order valence-electron chi connectivity index (χ4n) is 4.30. The molecule has 0 saturated heterocycles. The number of furan rings is 1. The summed E-state index contributed by atoms with van der Waals surface area (Å²) in [4.78, 5) is 23.7. The average Bonchev–Trinajstić information content (AvgIpc) is 3.49. The molecule has 0 amide bonds. The van der Waals surface area contributed by atoms with E-state index in [1.54, 1.807) is 17.2 Å². The lowest BCUT2D eigenvalue weighted by molar-refractivity contribution is 0.579. The first-order chi connectivity index (χ1) is 14.3. The summed E-state index contributed by atoms with van der Waals surface area (Å²) in [7, 11) is 0. The highest BCUT2D eigenvalue weighted by Crippen LogP contribution is 2.41. The Balaban J connectivity index is 1.59. The molecule has 6 rings (SSSR count). The van der Waals surface area contributed by atoms with E-state index in [4.69, 9.17) is 14.4 Å². The van der Waals surface area contributed by atoms with Crippen molar-refractivity contribution in [1.82, 2.24) is 14.5 Å². The van der Waals surface area contributed by atoms with E-state index in [0.717, 1.165) is 52.0 Å². The quantitative estimate of drug-likeness (QED) is 0.437. The van der Waals surface area contributed by atoms with E-state index in [2.05, 4.69) is 0 Å². The fraction of sp³-hybridized carbons (Fsp3) is 0.174. The Morgan fingerprint density at radius 1 is 1.07 bits per heavy atom. The van der Waals surface area contributed by atoms with Crippen molar-refractivity contribution in [3.05, 3.63) is 82.1 Å². The summed E-state index contributed by atoms with van der Waals surface area (Å²) in [5, 5.41) is 1.05. The van der Waals surface area contributed by atoms with Crippen LogP contribution in [0.1, 0.15) is 23.1 Å². The first-order valence-corrected chi connectivity index (χ1v) is 10.5. The third-order valence-electron chi connectivity index (χ3n) is 5.61. The number of hydrogen-bond acceptors (Lipinski definition) is 5. The molecule has 4 heterocycles. The Labute approximate surface area is 170 Å². The minimum absolute atomic E-state index is 0.00634. The van der Waals surface area contributed by atoms with Gasteiger partial charge in [-0.15, -0.1) is 11.3 Å². The number of nitrogens with zero attached hydrogens (tertiary/aromatic N) is 3. The highest BCUT2D eigenvalue weighted by Gasteiger charge is 2.25. The Morgan fingerprint density at radius 2 is 1.93 bits per heavy atom. The Morgan fingerprint density at radius 3 is 2.76 bits per heavy atom. The monoisotopic (exact) mass is 399 g/mol. The molecule has 5 aromatic rings. The number of aryl methyl sites for hydroxylation is 1. The van der Waals surface area contributed by atoms with Crippen LogP contribution in [0.2, 0.25) is 0 Å². The van der Waals surface area contributed by atoms with Gasteiger partial charge >= 0.3 is 0 Å². The van der Waals surface area contributed by atoms with Gasteiger partial charge in [-0.25, -0.2) is 9.97 Å². The second-order valence-corrected chi connectivity index (χ2v) is 8.37. The smallest absolute Gasteiger partial charge is 0.271 e. The molecule has 0 spiro atoms. The van der Waals surface area contributed by atoms with E-state index in [1.165, 1.54) is 22.5 Å². The molecule has 0 saturated carbocycles. The van der Waals surface area contributed by atoms with Crippen LogP contribution in [0, 0.1) is 0 Å². The van der Waals surface area contributed by atoms with Crippen LogP contribution in [0.25, 0.3) is 31.9 Å². The Kier molecular flexibility index (Phi) is 3.67. The molecule has 5 nitrogen and oxygen atoms in total. The number of benzene rings is 1. The molecule has 142 valence electrons. The summed E-state index contributed by atoms with van der Waals surface area (Å²) in [6, 6.07) is 13.8.